The predicted octanol–water partition coefficient (Wildman–Crippen LogP) is 3.26. The van der Waals surface area contributed by atoms with Crippen LogP contribution in [0.3, 0.4) is 0 Å². The van der Waals surface area contributed by atoms with Gasteiger partial charge < -0.3 is 5.32 Å². The van der Waals surface area contributed by atoms with Crippen LogP contribution in [0.2, 0.25) is 0 Å². The molecule has 0 aliphatic rings. The van der Waals surface area contributed by atoms with Gasteiger partial charge in [-0.15, -0.1) is 0 Å². The van der Waals surface area contributed by atoms with Crippen LogP contribution in [0.5, 0.6) is 0 Å². The van der Waals surface area contributed by atoms with Gasteiger partial charge in [-0.05, 0) is 37.1 Å². The van der Waals surface area contributed by atoms with E-state index in [1.165, 1.54) is 28.7 Å². The zero-order valence-electron chi connectivity index (χ0n) is 9.98. The van der Waals surface area contributed by atoms with Crippen molar-refractivity contribution in [2.24, 2.45) is 0 Å². The Hall–Kier alpha value is -2.37. The highest BCUT2D eigenvalue weighted by Crippen LogP contribution is 2.28. The lowest BCUT2D eigenvalue weighted by Crippen LogP contribution is -1.88. The molecule has 0 saturated carbocycles. The third kappa shape index (κ3) is 2.32. The second-order valence-corrected chi connectivity index (χ2v) is 4.88. The molecule has 0 unspecified atom stereocenters. The van der Waals surface area contributed by atoms with Crippen LogP contribution in [0.25, 0.3) is 10.2 Å². The molecular weight excluding hydrogens is 244 g/mol. The first-order valence-electron chi connectivity index (χ1n) is 5.28. The van der Waals surface area contributed by atoms with Gasteiger partial charge in [-0.2, -0.15) is 10.5 Å². The number of anilines is 1. The summed E-state index contributed by atoms with van der Waals surface area (Å²) in [5.74, 6) is 0. The van der Waals surface area contributed by atoms with E-state index in [1.54, 1.807) is 12.1 Å². The Morgan fingerprint density at radius 3 is 2.61 bits per heavy atom. The Labute approximate surface area is 109 Å². The molecule has 1 aromatic heterocycles. The van der Waals surface area contributed by atoms with Crippen molar-refractivity contribution in [1.29, 1.82) is 10.5 Å². The molecule has 5 heteroatoms. The fourth-order valence-electron chi connectivity index (χ4n) is 1.47. The van der Waals surface area contributed by atoms with Crippen LogP contribution < -0.4 is 5.32 Å². The van der Waals surface area contributed by atoms with Crippen LogP contribution >= 0.6 is 11.3 Å². The third-order valence-corrected chi connectivity index (χ3v) is 3.53. The highest BCUT2D eigenvalue weighted by Gasteiger charge is 2.05. The Balaban J connectivity index is 2.35. The molecule has 1 aromatic carbocycles. The van der Waals surface area contributed by atoms with E-state index in [1.807, 2.05) is 13.0 Å². The molecule has 2 aromatic rings. The average Bonchev–Trinajstić information content (AvgIpc) is 2.73. The summed E-state index contributed by atoms with van der Waals surface area (Å²) in [6.07, 6.45) is 1.37. The van der Waals surface area contributed by atoms with Gasteiger partial charge >= 0.3 is 0 Å². The quantitative estimate of drug-likeness (QED) is 0.835. The first-order valence-corrected chi connectivity index (χ1v) is 6.10. The van der Waals surface area contributed by atoms with Crippen molar-refractivity contribution in [3.05, 3.63) is 35.0 Å². The van der Waals surface area contributed by atoms with Crippen LogP contribution in [0.15, 0.2) is 23.9 Å². The molecule has 1 heterocycles. The number of fused-ring (bicyclic) bond motifs is 1. The molecule has 18 heavy (non-hydrogen) atoms. The van der Waals surface area contributed by atoms with Crippen molar-refractivity contribution < 1.29 is 0 Å². The minimum absolute atomic E-state index is 0.0293. The number of nitrogens with zero attached hydrogens (tertiary/aromatic N) is 3. The van der Waals surface area contributed by atoms with E-state index in [4.69, 9.17) is 10.5 Å². The lowest BCUT2D eigenvalue weighted by molar-refractivity contribution is 1.35. The number of benzene rings is 1. The van der Waals surface area contributed by atoms with E-state index >= 15 is 0 Å². The van der Waals surface area contributed by atoms with Crippen molar-refractivity contribution in [1.82, 2.24) is 4.98 Å². The van der Waals surface area contributed by atoms with Gasteiger partial charge in [0, 0.05) is 6.20 Å². The summed E-state index contributed by atoms with van der Waals surface area (Å²) in [5.41, 5.74) is 3.38. The Morgan fingerprint density at radius 1 is 1.28 bits per heavy atom. The summed E-state index contributed by atoms with van der Waals surface area (Å²) in [6, 6.07) is 7.70. The summed E-state index contributed by atoms with van der Waals surface area (Å²) >= 11 is 1.50. The van der Waals surface area contributed by atoms with Crippen molar-refractivity contribution in [2.45, 2.75) is 13.8 Å². The van der Waals surface area contributed by atoms with Gasteiger partial charge in [0.1, 0.15) is 17.7 Å². The Morgan fingerprint density at radius 2 is 1.94 bits per heavy atom. The molecule has 0 atom stereocenters. The van der Waals surface area contributed by atoms with E-state index in [9.17, 15) is 0 Å². The summed E-state index contributed by atoms with van der Waals surface area (Å²) in [7, 11) is 0. The van der Waals surface area contributed by atoms with Crippen LogP contribution in [0.1, 0.15) is 11.1 Å². The number of aryl methyl sites for hydroxylation is 2. The lowest BCUT2D eigenvalue weighted by Gasteiger charge is -1.96. The molecule has 0 spiro atoms. The normalized spacial score (nSPS) is 9.56. The summed E-state index contributed by atoms with van der Waals surface area (Å²) in [6.45, 7) is 4.11. The van der Waals surface area contributed by atoms with Gasteiger partial charge in [-0.1, -0.05) is 11.3 Å². The largest absolute Gasteiger partial charge is 0.336 e. The Kier molecular flexibility index (Phi) is 3.27. The highest BCUT2D eigenvalue weighted by molar-refractivity contribution is 7.22. The summed E-state index contributed by atoms with van der Waals surface area (Å²) < 4.78 is 1.09. The molecule has 0 amide bonds. The molecule has 4 nitrogen and oxygen atoms in total. The van der Waals surface area contributed by atoms with Gasteiger partial charge in [-0.25, -0.2) is 4.98 Å². The first kappa shape index (κ1) is 12.1. The minimum Gasteiger partial charge on any atom is -0.336 e. The van der Waals surface area contributed by atoms with Crippen LogP contribution in [-0.2, 0) is 0 Å². The molecule has 0 fully saturated rings. The van der Waals surface area contributed by atoms with E-state index in [0.717, 1.165) is 10.2 Å². The van der Waals surface area contributed by atoms with Crippen molar-refractivity contribution in [3.8, 4) is 12.1 Å². The number of aromatic nitrogens is 1. The zero-order valence-corrected chi connectivity index (χ0v) is 10.8. The molecule has 88 valence electrons. The molecule has 0 saturated heterocycles. The number of hydrogen-bond donors (Lipinski definition) is 1. The predicted molar refractivity (Wildman–Crippen MR) is 72.0 cm³/mol. The molecule has 2 rings (SSSR count). The lowest BCUT2D eigenvalue weighted by atomic mass is 10.1. The minimum atomic E-state index is 0.0293. The third-order valence-electron chi connectivity index (χ3n) is 2.58. The standard InChI is InChI=1S/C13H10N4S/c1-8-3-11-12(4-9(8)2)18-13(17-11)16-7-10(5-14)6-15/h3-4,7H,1-2H3,(H,16,17). The van der Waals surface area contributed by atoms with Gasteiger partial charge in [-0.3, -0.25) is 0 Å². The maximum Gasteiger partial charge on any atom is 0.187 e. The number of nitriles is 2. The van der Waals surface area contributed by atoms with E-state index in [-0.39, 0.29) is 5.57 Å². The maximum absolute atomic E-state index is 8.62. The van der Waals surface area contributed by atoms with Gasteiger partial charge in [0.2, 0.25) is 0 Å². The fourth-order valence-corrected chi connectivity index (χ4v) is 2.38. The number of allylic oxidation sites excluding steroid dienone is 1. The number of thiazole rings is 1. The van der Waals surface area contributed by atoms with Gasteiger partial charge in [0.05, 0.1) is 10.2 Å². The molecular formula is C13H10N4S. The topological polar surface area (TPSA) is 72.5 Å². The van der Waals surface area contributed by atoms with Crippen molar-refractivity contribution in [3.63, 3.8) is 0 Å². The SMILES string of the molecule is Cc1cc2nc(NC=C(C#N)C#N)sc2cc1C. The molecule has 0 aliphatic carbocycles. The molecule has 1 N–H and O–H groups in total. The van der Waals surface area contributed by atoms with Gasteiger partial charge in [0.15, 0.2) is 5.13 Å². The molecule has 0 radical (unpaired) electrons. The Bertz CT molecular complexity index is 658. The van der Waals surface area contributed by atoms with Gasteiger partial charge in [0.25, 0.3) is 0 Å². The first-order chi connectivity index (χ1) is 8.63. The smallest absolute Gasteiger partial charge is 0.187 e. The number of rotatable bonds is 2. The number of hydrogen-bond acceptors (Lipinski definition) is 5. The monoisotopic (exact) mass is 254 g/mol. The van der Waals surface area contributed by atoms with Crippen molar-refractivity contribution >= 4 is 26.7 Å². The summed E-state index contributed by atoms with van der Waals surface area (Å²) in [5, 5.41) is 20.8. The molecule has 0 bridgehead atoms. The number of nitrogens with one attached hydrogen (secondary N) is 1. The second-order valence-electron chi connectivity index (χ2n) is 3.85. The van der Waals surface area contributed by atoms with Crippen LogP contribution in [0, 0.1) is 36.5 Å². The van der Waals surface area contributed by atoms with Crippen LogP contribution in [-0.4, -0.2) is 4.98 Å². The summed E-state index contributed by atoms with van der Waals surface area (Å²) in [4.78, 5) is 4.40. The van der Waals surface area contributed by atoms with E-state index < -0.39 is 0 Å². The maximum atomic E-state index is 8.62. The second kappa shape index (κ2) is 4.87. The highest BCUT2D eigenvalue weighted by atomic mass is 32.1. The van der Waals surface area contributed by atoms with Crippen LogP contribution in [0.4, 0.5) is 5.13 Å². The van der Waals surface area contributed by atoms with E-state index in [0.29, 0.717) is 5.13 Å². The average molecular weight is 254 g/mol. The van der Waals surface area contributed by atoms with E-state index in [2.05, 4.69) is 23.3 Å². The zero-order chi connectivity index (χ0) is 13.1. The van der Waals surface area contributed by atoms with Crippen molar-refractivity contribution in [2.75, 3.05) is 5.32 Å². The fraction of sp³-hybridized carbons (Fsp3) is 0.154. The molecule has 0 aliphatic heterocycles.